The molecule has 0 spiro atoms. The van der Waals surface area contributed by atoms with Gasteiger partial charge in [0.2, 0.25) is 5.91 Å². The van der Waals surface area contributed by atoms with Gasteiger partial charge in [0.15, 0.2) is 0 Å². The van der Waals surface area contributed by atoms with Crippen LogP contribution in [0.4, 0.5) is 5.69 Å². The van der Waals surface area contributed by atoms with E-state index in [0.29, 0.717) is 16.7 Å². The molecule has 18 heavy (non-hydrogen) atoms. The second kappa shape index (κ2) is 4.48. The fourth-order valence-electron chi connectivity index (χ4n) is 1.48. The second-order valence-corrected chi connectivity index (χ2v) is 4.31. The van der Waals surface area contributed by atoms with Gasteiger partial charge in [0.25, 0.3) is 0 Å². The Balaban J connectivity index is 2.44. The lowest BCUT2D eigenvalue weighted by Crippen LogP contribution is -2.28. The molecule has 0 saturated heterocycles. The molecule has 0 atom stereocenters. The van der Waals surface area contributed by atoms with Crippen LogP contribution in [0.15, 0.2) is 27.8 Å². The molecule has 94 valence electrons. The van der Waals surface area contributed by atoms with E-state index in [1.165, 1.54) is 0 Å². The fourth-order valence-corrected chi connectivity index (χ4v) is 1.48. The van der Waals surface area contributed by atoms with E-state index >= 15 is 0 Å². The molecule has 0 fully saturated rings. The minimum absolute atomic E-state index is 0.110. The van der Waals surface area contributed by atoms with Crippen molar-refractivity contribution in [3.63, 3.8) is 0 Å². The van der Waals surface area contributed by atoms with Gasteiger partial charge in [0, 0.05) is 11.6 Å². The zero-order valence-electron chi connectivity index (χ0n) is 10.0. The molecule has 2 aromatic rings. The van der Waals surface area contributed by atoms with E-state index < -0.39 is 11.1 Å². The van der Waals surface area contributed by atoms with Crippen molar-refractivity contribution in [2.45, 2.75) is 13.8 Å². The summed E-state index contributed by atoms with van der Waals surface area (Å²) in [4.78, 5) is 38.7. The van der Waals surface area contributed by atoms with Gasteiger partial charge in [-0.15, -0.1) is 0 Å². The van der Waals surface area contributed by atoms with E-state index in [2.05, 4.69) is 15.3 Å². The molecular weight excluding hydrogens is 234 g/mol. The average molecular weight is 247 g/mol. The van der Waals surface area contributed by atoms with Crippen molar-refractivity contribution < 1.29 is 4.79 Å². The van der Waals surface area contributed by atoms with Gasteiger partial charge in [-0.25, -0.2) is 0 Å². The first-order valence-electron chi connectivity index (χ1n) is 5.54. The average Bonchev–Trinajstić information content (AvgIpc) is 2.31. The molecular formula is C12H13N3O3. The third-order valence-electron chi connectivity index (χ3n) is 2.51. The molecule has 1 aromatic heterocycles. The number of carbonyl (C=O) groups is 1. The van der Waals surface area contributed by atoms with Crippen LogP contribution in [-0.4, -0.2) is 15.9 Å². The number of aromatic nitrogens is 2. The largest absolute Gasteiger partial charge is 0.326 e. The summed E-state index contributed by atoms with van der Waals surface area (Å²) in [6.45, 7) is 3.57. The van der Waals surface area contributed by atoms with Crippen molar-refractivity contribution in [2.24, 2.45) is 5.92 Å². The monoisotopic (exact) mass is 247 g/mol. The Morgan fingerprint density at radius 1 is 1.11 bits per heavy atom. The van der Waals surface area contributed by atoms with Crippen LogP contribution in [0.25, 0.3) is 11.0 Å². The number of hydrogen-bond acceptors (Lipinski definition) is 3. The van der Waals surface area contributed by atoms with Crippen molar-refractivity contribution in [2.75, 3.05) is 5.32 Å². The first kappa shape index (κ1) is 12.1. The van der Waals surface area contributed by atoms with Crippen molar-refractivity contribution >= 4 is 22.6 Å². The van der Waals surface area contributed by atoms with Gasteiger partial charge in [-0.05, 0) is 18.2 Å². The Morgan fingerprint density at radius 2 is 1.72 bits per heavy atom. The van der Waals surface area contributed by atoms with Crippen molar-refractivity contribution in [3.05, 3.63) is 38.9 Å². The molecule has 0 aliphatic rings. The zero-order valence-corrected chi connectivity index (χ0v) is 10.0. The van der Waals surface area contributed by atoms with Crippen LogP contribution < -0.4 is 16.4 Å². The number of fused-ring (bicyclic) bond motifs is 1. The summed E-state index contributed by atoms with van der Waals surface area (Å²) >= 11 is 0. The van der Waals surface area contributed by atoms with Gasteiger partial charge in [-0.2, -0.15) is 0 Å². The van der Waals surface area contributed by atoms with Crippen LogP contribution in [0.1, 0.15) is 13.8 Å². The molecule has 0 aliphatic heterocycles. The quantitative estimate of drug-likeness (QED) is 0.685. The van der Waals surface area contributed by atoms with Gasteiger partial charge in [0.05, 0.1) is 11.0 Å². The molecule has 3 N–H and O–H groups in total. The smallest absolute Gasteiger partial charge is 0.314 e. The highest BCUT2D eigenvalue weighted by Crippen LogP contribution is 2.14. The second-order valence-electron chi connectivity index (χ2n) is 4.31. The lowest BCUT2D eigenvalue weighted by atomic mass is 10.2. The van der Waals surface area contributed by atoms with Crippen LogP contribution >= 0.6 is 0 Å². The highest BCUT2D eigenvalue weighted by atomic mass is 16.2. The lowest BCUT2D eigenvalue weighted by Gasteiger charge is -2.08. The topological polar surface area (TPSA) is 94.8 Å². The van der Waals surface area contributed by atoms with Gasteiger partial charge in [-0.1, -0.05) is 13.8 Å². The normalized spacial score (nSPS) is 10.8. The molecule has 1 heterocycles. The number of hydrogen-bond donors (Lipinski definition) is 3. The van der Waals surface area contributed by atoms with Gasteiger partial charge >= 0.3 is 11.1 Å². The Kier molecular flexibility index (Phi) is 3.01. The Morgan fingerprint density at radius 3 is 2.33 bits per heavy atom. The van der Waals surface area contributed by atoms with Gasteiger partial charge in [-0.3, -0.25) is 14.4 Å². The van der Waals surface area contributed by atoms with Crippen LogP contribution in [0.2, 0.25) is 0 Å². The molecule has 1 amide bonds. The molecule has 0 radical (unpaired) electrons. The van der Waals surface area contributed by atoms with E-state index in [9.17, 15) is 14.4 Å². The van der Waals surface area contributed by atoms with Crippen LogP contribution in [-0.2, 0) is 4.79 Å². The summed E-state index contributed by atoms with van der Waals surface area (Å²) in [6.07, 6.45) is 0. The number of amides is 1. The predicted octanol–water partition coefficient (Wildman–Crippen LogP) is 0.811. The van der Waals surface area contributed by atoms with Crippen molar-refractivity contribution in [1.82, 2.24) is 9.97 Å². The highest BCUT2D eigenvalue weighted by Gasteiger charge is 2.07. The number of rotatable bonds is 2. The maximum atomic E-state index is 11.5. The molecule has 0 unspecified atom stereocenters. The first-order chi connectivity index (χ1) is 8.47. The number of aromatic amines is 2. The number of anilines is 1. The van der Waals surface area contributed by atoms with E-state index in [1.807, 2.05) is 0 Å². The van der Waals surface area contributed by atoms with Crippen LogP contribution in [0.3, 0.4) is 0 Å². The summed E-state index contributed by atoms with van der Waals surface area (Å²) in [5, 5.41) is 2.71. The molecule has 0 saturated carbocycles. The third kappa shape index (κ3) is 2.32. The maximum absolute atomic E-state index is 11.5. The predicted molar refractivity (Wildman–Crippen MR) is 68.7 cm³/mol. The standard InChI is InChI=1S/C12H13N3O3/c1-6(2)10(16)13-7-3-4-8-9(5-7)15-12(18)11(17)14-8/h3-6H,1-2H3,(H,13,16)(H,14,17)(H,15,18). The highest BCUT2D eigenvalue weighted by molar-refractivity contribution is 5.93. The molecule has 0 bridgehead atoms. The Hall–Kier alpha value is -2.37. The van der Waals surface area contributed by atoms with Crippen molar-refractivity contribution in [3.8, 4) is 0 Å². The number of carbonyl (C=O) groups excluding carboxylic acids is 1. The van der Waals surface area contributed by atoms with E-state index in [1.54, 1.807) is 32.0 Å². The van der Waals surface area contributed by atoms with E-state index in [-0.39, 0.29) is 11.8 Å². The van der Waals surface area contributed by atoms with Crippen LogP contribution in [0, 0.1) is 5.92 Å². The first-order valence-corrected chi connectivity index (χ1v) is 5.54. The molecule has 2 rings (SSSR count). The molecule has 6 heteroatoms. The number of benzene rings is 1. The Bertz CT molecular complexity index is 712. The van der Waals surface area contributed by atoms with E-state index in [0.717, 1.165) is 0 Å². The molecule has 0 aliphatic carbocycles. The zero-order chi connectivity index (χ0) is 13.3. The lowest BCUT2D eigenvalue weighted by molar-refractivity contribution is -0.118. The summed E-state index contributed by atoms with van der Waals surface area (Å²) < 4.78 is 0. The Labute approximate surface area is 102 Å². The fraction of sp³-hybridized carbons (Fsp3) is 0.250. The molecule has 6 nitrogen and oxygen atoms in total. The summed E-state index contributed by atoms with van der Waals surface area (Å²) in [6, 6.07) is 4.90. The minimum Gasteiger partial charge on any atom is -0.326 e. The summed E-state index contributed by atoms with van der Waals surface area (Å²) in [5.41, 5.74) is 0.156. The maximum Gasteiger partial charge on any atom is 0.314 e. The van der Waals surface area contributed by atoms with Gasteiger partial charge < -0.3 is 15.3 Å². The summed E-state index contributed by atoms with van der Waals surface area (Å²) in [5.74, 6) is -0.239. The van der Waals surface area contributed by atoms with E-state index in [4.69, 9.17) is 0 Å². The third-order valence-corrected chi connectivity index (χ3v) is 2.51. The SMILES string of the molecule is CC(C)C(=O)Nc1ccc2[nH]c(=O)c(=O)[nH]c2c1. The summed E-state index contributed by atoms with van der Waals surface area (Å²) in [7, 11) is 0. The molecule has 1 aromatic carbocycles. The van der Waals surface area contributed by atoms with Crippen LogP contribution in [0.5, 0.6) is 0 Å². The number of nitrogens with one attached hydrogen (secondary N) is 3. The van der Waals surface area contributed by atoms with Crippen molar-refractivity contribution in [1.29, 1.82) is 0 Å². The van der Waals surface area contributed by atoms with Gasteiger partial charge in [0.1, 0.15) is 0 Å². The minimum atomic E-state index is -0.713. The number of H-pyrrole nitrogens is 2.